The van der Waals surface area contributed by atoms with Crippen molar-refractivity contribution in [2.24, 2.45) is 0 Å². The van der Waals surface area contributed by atoms with Crippen LogP contribution >= 0.6 is 25.5 Å². The Bertz CT molecular complexity index is 117. The van der Waals surface area contributed by atoms with Gasteiger partial charge in [0.25, 0.3) is 0 Å². The lowest BCUT2D eigenvalue weighted by molar-refractivity contribution is 0.514. The highest BCUT2D eigenvalue weighted by Gasteiger charge is 2.02. The summed E-state index contributed by atoms with van der Waals surface area (Å²) in [6, 6.07) is 0. The van der Waals surface area contributed by atoms with Crippen molar-refractivity contribution in [2.45, 2.75) is 0 Å². The van der Waals surface area contributed by atoms with Crippen LogP contribution in [-0.2, 0) is 16.4 Å². The third kappa shape index (κ3) is 5.06. The molecule has 0 aliphatic heterocycles. The molecule has 0 aromatic heterocycles. The van der Waals surface area contributed by atoms with Crippen LogP contribution in [-0.4, -0.2) is 7.45 Å². The van der Waals surface area contributed by atoms with E-state index in [1.165, 1.54) is 0 Å². The summed E-state index contributed by atoms with van der Waals surface area (Å²) in [6.07, 6.45) is -3.12. The summed E-state index contributed by atoms with van der Waals surface area (Å²) in [5, 5.41) is 0. The fourth-order valence-electron chi connectivity index (χ4n) is 0. The molecule has 1 unspecified atom stereocenters. The van der Waals surface area contributed by atoms with Gasteiger partial charge in [-0.25, -0.2) is 0 Å². The second kappa shape index (κ2) is 2.39. The maximum Gasteiger partial charge on any atom is 0.309 e. The van der Waals surface area contributed by atoms with Crippen LogP contribution in [0.2, 0.25) is 0 Å². The maximum absolute atomic E-state index is 10.6. The molecule has 0 saturated heterocycles. The lowest BCUT2D eigenvalue weighted by Gasteiger charge is -1.84. The summed E-state index contributed by atoms with van der Waals surface area (Å²) in [5.74, 6) is 0. The molecule has 6 heavy (non-hydrogen) atoms. The standard InChI is InChI=1S/H2O2P2S2/c1-4(2,6)3-5/h(H2,1,2,6)/i/hD2. The zero-order chi connectivity index (χ0) is 6.62. The van der Waals surface area contributed by atoms with Gasteiger partial charge in [0, 0.05) is 0 Å². The van der Waals surface area contributed by atoms with Gasteiger partial charge in [-0.05, 0) is 11.8 Å². The Morgan fingerprint density at radius 2 is 3.17 bits per heavy atom. The summed E-state index contributed by atoms with van der Waals surface area (Å²) in [6.45, 7) is 0. The Balaban J connectivity index is 3.99. The monoisotopic (exact) mass is 162 g/mol. The molecule has 1 atom stereocenters. The third-order valence-corrected chi connectivity index (χ3v) is 4.50. The third-order valence-electron chi connectivity index (χ3n) is 0.100. The minimum absolute atomic E-state index is 0.0417. The first-order chi connectivity index (χ1) is 3.68. The summed E-state index contributed by atoms with van der Waals surface area (Å²) in [7, 11) is 0.0417. The van der Waals surface area contributed by atoms with Gasteiger partial charge in [-0.2, -0.15) is 0 Å². The SMILES string of the molecule is [2H]OP(=O)(P=S)S[2H]. The summed E-state index contributed by atoms with van der Waals surface area (Å²) in [5.41, 5.74) is 0. The van der Waals surface area contributed by atoms with Gasteiger partial charge < -0.3 is 4.90 Å². The van der Waals surface area contributed by atoms with Crippen LogP contribution in [0.4, 0.5) is 0 Å². The van der Waals surface area contributed by atoms with Crippen LogP contribution < -0.4 is 0 Å². The molecule has 36 valence electrons. The zero-order valence-electron chi connectivity index (χ0n) is 4.53. The van der Waals surface area contributed by atoms with E-state index in [0.29, 0.717) is 0 Å². The van der Waals surface area contributed by atoms with Gasteiger partial charge >= 0.3 is 6.26 Å². The fraction of sp³-hybridized carbons (Fsp3) is 0. The molecule has 0 heterocycles. The summed E-state index contributed by atoms with van der Waals surface area (Å²) < 4.78 is 23.2. The number of hydrogen-bond acceptors (Lipinski definition) is 4. The molecule has 0 aliphatic carbocycles. The van der Waals surface area contributed by atoms with Crippen molar-refractivity contribution in [3.05, 3.63) is 0 Å². The van der Waals surface area contributed by atoms with E-state index >= 15 is 0 Å². The summed E-state index contributed by atoms with van der Waals surface area (Å²) in [4.78, 5) is 3.70. The van der Waals surface area contributed by atoms with Crippen LogP contribution in [0.1, 0.15) is 0 Å². The smallest absolute Gasteiger partial charge is 0.309 e. The maximum atomic E-state index is 10.6. The molecule has 0 fully saturated rings. The van der Waals surface area contributed by atoms with Gasteiger partial charge in [0.1, 0.15) is 1.12 Å². The lowest BCUT2D eigenvalue weighted by Crippen LogP contribution is -1.41. The molecule has 6 heteroatoms. The lowest BCUT2D eigenvalue weighted by atomic mass is 15.9. The Morgan fingerprint density at radius 1 is 2.50 bits per heavy atom. The van der Waals surface area contributed by atoms with E-state index in [1.807, 2.05) is 0 Å². The highest BCUT2D eigenvalue weighted by Crippen LogP contribution is 2.58. The first kappa shape index (κ1) is 3.99. The zero-order valence-corrected chi connectivity index (χ0v) is 5.95. The average molecular weight is 162 g/mol. The Kier molecular flexibility index (Phi) is 1.59. The second-order valence-corrected chi connectivity index (χ2v) is 7.44. The molecular weight excluding hydrogens is 158 g/mol. The van der Waals surface area contributed by atoms with Gasteiger partial charge in [-0.3, -0.25) is 4.57 Å². The van der Waals surface area contributed by atoms with Crippen LogP contribution in [0.3, 0.4) is 0 Å². The minimum atomic E-state index is -3.12. The van der Waals surface area contributed by atoms with Crippen molar-refractivity contribution < 1.29 is 9.46 Å². The minimum Gasteiger partial charge on any atom is -0.331 e. The van der Waals surface area contributed by atoms with E-state index in [4.69, 9.17) is 2.55 Å². The van der Waals surface area contributed by atoms with E-state index < -0.39 is 6.26 Å². The van der Waals surface area contributed by atoms with Crippen molar-refractivity contribution in [3.63, 3.8) is 0 Å². The average Bonchev–Trinajstić information content (AvgIpc) is 1.87. The largest absolute Gasteiger partial charge is 0.331 e. The fourth-order valence-corrected chi connectivity index (χ4v) is 0. The normalized spacial score (nSPS) is 24.7. The highest BCUT2D eigenvalue weighted by molar-refractivity contribution is 8.71. The Hall–Kier alpha value is 1.06. The number of thiol groups is 1. The highest BCUT2D eigenvalue weighted by atomic mass is 32.9. The predicted octanol–water partition coefficient (Wildman–Crippen LogP) is 1.42. The molecule has 0 rings (SSSR count). The first-order valence-corrected chi connectivity index (χ1v) is 6.18. The van der Waals surface area contributed by atoms with Crippen LogP contribution in [0, 0.1) is 0 Å². The van der Waals surface area contributed by atoms with Gasteiger partial charge in [0.05, 0.1) is 7.04 Å². The molecular formula is H2O2P2S2. The van der Waals surface area contributed by atoms with Crippen molar-refractivity contribution in [3.8, 4) is 0 Å². The van der Waals surface area contributed by atoms with Crippen molar-refractivity contribution in [1.29, 1.82) is 2.55 Å². The molecule has 0 amide bonds. The molecule has 0 bridgehead atoms. The number of hydrogen-bond donors (Lipinski definition) is 2. The van der Waals surface area contributed by atoms with E-state index in [-0.39, 0.29) is 19.2 Å². The molecule has 0 aliphatic rings. The van der Waals surface area contributed by atoms with E-state index in [1.54, 1.807) is 0 Å². The molecule has 0 aromatic carbocycles. The molecule has 0 aromatic rings. The first-order valence-electron chi connectivity index (χ1n) is 1.75. The topological polar surface area (TPSA) is 37.3 Å². The van der Waals surface area contributed by atoms with Crippen molar-refractivity contribution in [1.82, 2.24) is 0 Å². The quantitative estimate of drug-likeness (QED) is 0.486. The molecule has 0 spiro atoms. The molecule has 1 N–H and O–H groups in total. The Labute approximate surface area is 49.9 Å². The van der Waals surface area contributed by atoms with Gasteiger partial charge in [0.15, 0.2) is 0 Å². The predicted molar refractivity (Wildman–Crippen MR) is 33.1 cm³/mol. The summed E-state index contributed by atoms with van der Waals surface area (Å²) >= 11 is 4.56. The van der Waals surface area contributed by atoms with E-state index in [2.05, 4.69) is 16.7 Å². The van der Waals surface area contributed by atoms with E-state index in [0.717, 1.165) is 0 Å². The van der Waals surface area contributed by atoms with Gasteiger partial charge in [-0.1, -0.05) is 12.2 Å². The Morgan fingerprint density at radius 3 is 3.17 bits per heavy atom. The second-order valence-electron chi connectivity index (χ2n) is 0.550. The van der Waals surface area contributed by atoms with Gasteiger partial charge in [0.2, 0.25) is 1.43 Å². The van der Waals surface area contributed by atoms with Crippen molar-refractivity contribution >= 4 is 37.3 Å². The van der Waals surface area contributed by atoms with Gasteiger partial charge in [-0.15, -0.1) is 0 Å². The number of rotatable bonds is 3. The van der Waals surface area contributed by atoms with Crippen molar-refractivity contribution in [2.75, 3.05) is 0 Å². The van der Waals surface area contributed by atoms with E-state index in [9.17, 15) is 4.57 Å². The molecule has 2 nitrogen and oxygen atoms in total. The van der Waals surface area contributed by atoms with Crippen LogP contribution in [0.15, 0.2) is 0 Å². The van der Waals surface area contributed by atoms with Crippen LogP contribution in [0.25, 0.3) is 0 Å². The molecule has 0 saturated carbocycles. The molecule has 0 radical (unpaired) electrons. The van der Waals surface area contributed by atoms with Crippen LogP contribution in [0.5, 0.6) is 0 Å².